The summed E-state index contributed by atoms with van der Waals surface area (Å²) in [6, 6.07) is 10.4. The van der Waals surface area contributed by atoms with Crippen LogP contribution in [0.25, 0.3) is 0 Å². The zero-order chi connectivity index (χ0) is 12.3. The van der Waals surface area contributed by atoms with E-state index in [4.69, 9.17) is 5.73 Å². The molecule has 0 aliphatic rings. The summed E-state index contributed by atoms with van der Waals surface area (Å²) in [7, 11) is 0. The standard InChI is InChI=1S/C14H18N2S/c1-3-7-12-16-13(14(15)17-12)10(2)11-8-5-4-6-9-11/h4-6,8-10H,3,7,15H2,1-2H3. The fraction of sp³-hybridized carbons (Fsp3) is 0.357. The predicted molar refractivity (Wildman–Crippen MR) is 74.5 cm³/mol. The van der Waals surface area contributed by atoms with Gasteiger partial charge in [0.15, 0.2) is 0 Å². The van der Waals surface area contributed by atoms with Crippen LogP contribution in [0.4, 0.5) is 5.00 Å². The Kier molecular flexibility index (Phi) is 3.79. The lowest BCUT2D eigenvalue weighted by Crippen LogP contribution is -2.00. The molecule has 2 N–H and O–H groups in total. The van der Waals surface area contributed by atoms with Crippen LogP contribution in [0.5, 0.6) is 0 Å². The van der Waals surface area contributed by atoms with Gasteiger partial charge in [0.05, 0.1) is 10.7 Å². The number of hydrogen-bond acceptors (Lipinski definition) is 3. The Bertz CT molecular complexity index is 476. The average molecular weight is 246 g/mol. The minimum atomic E-state index is 0.276. The molecule has 0 fully saturated rings. The van der Waals surface area contributed by atoms with Crippen LogP contribution in [-0.4, -0.2) is 4.98 Å². The van der Waals surface area contributed by atoms with E-state index in [0.717, 1.165) is 28.5 Å². The van der Waals surface area contributed by atoms with E-state index in [1.807, 2.05) is 6.07 Å². The molecule has 0 spiro atoms. The van der Waals surface area contributed by atoms with Gasteiger partial charge in [-0.05, 0) is 18.4 Å². The zero-order valence-corrected chi connectivity index (χ0v) is 11.1. The molecule has 0 amide bonds. The summed E-state index contributed by atoms with van der Waals surface area (Å²) in [5, 5.41) is 2.02. The van der Waals surface area contributed by atoms with Gasteiger partial charge in [0.25, 0.3) is 0 Å². The highest BCUT2D eigenvalue weighted by Gasteiger charge is 2.16. The smallest absolute Gasteiger partial charge is 0.110 e. The van der Waals surface area contributed by atoms with Crippen molar-refractivity contribution in [2.45, 2.75) is 32.6 Å². The van der Waals surface area contributed by atoms with Crippen molar-refractivity contribution in [1.29, 1.82) is 0 Å². The largest absolute Gasteiger partial charge is 0.389 e. The van der Waals surface area contributed by atoms with Gasteiger partial charge >= 0.3 is 0 Å². The fourth-order valence-electron chi connectivity index (χ4n) is 1.92. The number of anilines is 1. The molecule has 17 heavy (non-hydrogen) atoms. The number of nitrogens with two attached hydrogens (primary N) is 1. The van der Waals surface area contributed by atoms with Gasteiger partial charge in [-0.25, -0.2) is 4.98 Å². The van der Waals surface area contributed by atoms with Gasteiger partial charge in [0.2, 0.25) is 0 Å². The zero-order valence-electron chi connectivity index (χ0n) is 10.3. The minimum absolute atomic E-state index is 0.276. The summed E-state index contributed by atoms with van der Waals surface area (Å²) < 4.78 is 0. The Morgan fingerprint density at radius 2 is 2.00 bits per heavy atom. The Balaban J connectivity index is 2.28. The van der Waals surface area contributed by atoms with Crippen LogP contribution in [0.3, 0.4) is 0 Å². The van der Waals surface area contributed by atoms with Crippen molar-refractivity contribution in [3.05, 3.63) is 46.6 Å². The molecule has 0 aliphatic heterocycles. The molecule has 0 radical (unpaired) electrons. The highest BCUT2D eigenvalue weighted by molar-refractivity contribution is 7.15. The molecule has 0 saturated heterocycles. The molecule has 3 heteroatoms. The molecule has 2 nitrogen and oxygen atoms in total. The monoisotopic (exact) mass is 246 g/mol. The third-order valence-electron chi connectivity index (χ3n) is 2.90. The van der Waals surface area contributed by atoms with Gasteiger partial charge in [-0.15, -0.1) is 11.3 Å². The second kappa shape index (κ2) is 5.32. The Morgan fingerprint density at radius 3 is 2.65 bits per heavy atom. The molecule has 2 rings (SSSR count). The van der Waals surface area contributed by atoms with Crippen LogP contribution >= 0.6 is 11.3 Å². The van der Waals surface area contributed by atoms with Gasteiger partial charge in [-0.1, -0.05) is 44.2 Å². The van der Waals surface area contributed by atoms with Crippen molar-refractivity contribution >= 4 is 16.3 Å². The van der Waals surface area contributed by atoms with Crippen molar-refractivity contribution in [2.24, 2.45) is 0 Å². The summed E-state index contributed by atoms with van der Waals surface area (Å²) >= 11 is 1.63. The molecule has 1 aromatic heterocycles. The molecule has 0 bridgehead atoms. The predicted octanol–water partition coefficient (Wildman–Crippen LogP) is 3.83. The maximum atomic E-state index is 6.07. The summed E-state index contributed by atoms with van der Waals surface area (Å²) in [5.74, 6) is 0.276. The lowest BCUT2D eigenvalue weighted by atomic mass is 9.98. The number of benzene rings is 1. The van der Waals surface area contributed by atoms with Gasteiger partial charge in [0.1, 0.15) is 5.00 Å². The molecular formula is C14H18N2S. The molecule has 1 aromatic carbocycles. The number of aromatic nitrogens is 1. The highest BCUT2D eigenvalue weighted by atomic mass is 32.1. The Hall–Kier alpha value is -1.35. The molecular weight excluding hydrogens is 228 g/mol. The number of hydrogen-bond donors (Lipinski definition) is 1. The van der Waals surface area contributed by atoms with Gasteiger partial charge in [-0.2, -0.15) is 0 Å². The van der Waals surface area contributed by atoms with Crippen LogP contribution in [0, 0.1) is 0 Å². The number of thiazole rings is 1. The minimum Gasteiger partial charge on any atom is -0.389 e. The summed E-state index contributed by atoms with van der Waals surface area (Å²) in [6.07, 6.45) is 2.14. The summed E-state index contributed by atoms with van der Waals surface area (Å²) in [4.78, 5) is 4.67. The molecule has 1 atom stereocenters. The van der Waals surface area contributed by atoms with E-state index in [0.29, 0.717) is 0 Å². The van der Waals surface area contributed by atoms with Crippen molar-refractivity contribution in [1.82, 2.24) is 4.98 Å². The van der Waals surface area contributed by atoms with E-state index in [2.05, 4.69) is 43.1 Å². The molecule has 90 valence electrons. The van der Waals surface area contributed by atoms with E-state index in [9.17, 15) is 0 Å². The quantitative estimate of drug-likeness (QED) is 0.890. The van der Waals surface area contributed by atoms with Crippen molar-refractivity contribution in [3.8, 4) is 0 Å². The van der Waals surface area contributed by atoms with Gasteiger partial charge in [-0.3, -0.25) is 0 Å². The van der Waals surface area contributed by atoms with E-state index in [1.165, 1.54) is 5.56 Å². The first-order valence-electron chi connectivity index (χ1n) is 6.02. The van der Waals surface area contributed by atoms with E-state index in [-0.39, 0.29) is 5.92 Å². The molecule has 0 saturated carbocycles. The van der Waals surface area contributed by atoms with Gasteiger partial charge < -0.3 is 5.73 Å². The van der Waals surface area contributed by atoms with Crippen molar-refractivity contribution in [3.63, 3.8) is 0 Å². The Labute approximate surface area is 107 Å². The lowest BCUT2D eigenvalue weighted by Gasteiger charge is -2.09. The first-order valence-corrected chi connectivity index (χ1v) is 6.84. The number of rotatable bonds is 4. The maximum Gasteiger partial charge on any atom is 0.110 e. The van der Waals surface area contributed by atoms with E-state index < -0.39 is 0 Å². The third kappa shape index (κ3) is 2.67. The molecule has 2 aromatic rings. The fourth-order valence-corrected chi connectivity index (χ4v) is 2.95. The average Bonchev–Trinajstić information content (AvgIpc) is 2.71. The normalized spacial score (nSPS) is 12.6. The summed E-state index contributed by atoms with van der Waals surface area (Å²) in [6.45, 7) is 4.33. The first-order chi connectivity index (χ1) is 8.22. The third-order valence-corrected chi connectivity index (χ3v) is 3.86. The summed E-state index contributed by atoms with van der Waals surface area (Å²) in [5.41, 5.74) is 8.37. The van der Waals surface area contributed by atoms with Crippen molar-refractivity contribution in [2.75, 3.05) is 5.73 Å². The van der Waals surface area contributed by atoms with Crippen LogP contribution in [-0.2, 0) is 6.42 Å². The second-order valence-electron chi connectivity index (χ2n) is 4.24. The molecule has 0 aliphatic carbocycles. The van der Waals surface area contributed by atoms with Crippen LogP contribution in [0.1, 0.15) is 42.5 Å². The maximum absolute atomic E-state index is 6.07. The first kappa shape index (κ1) is 12.1. The van der Waals surface area contributed by atoms with E-state index in [1.54, 1.807) is 11.3 Å². The van der Waals surface area contributed by atoms with E-state index >= 15 is 0 Å². The molecule has 1 unspecified atom stereocenters. The number of nitrogens with zero attached hydrogens (tertiary/aromatic N) is 1. The van der Waals surface area contributed by atoms with Crippen molar-refractivity contribution < 1.29 is 0 Å². The van der Waals surface area contributed by atoms with Crippen LogP contribution in [0.2, 0.25) is 0 Å². The number of nitrogen functional groups attached to an aromatic ring is 1. The SMILES string of the molecule is CCCc1nc(C(C)c2ccccc2)c(N)s1. The lowest BCUT2D eigenvalue weighted by molar-refractivity contribution is 0.849. The number of aryl methyl sites for hydroxylation is 1. The topological polar surface area (TPSA) is 38.9 Å². The Morgan fingerprint density at radius 1 is 1.29 bits per heavy atom. The van der Waals surface area contributed by atoms with Crippen LogP contribution < -0.4 is 5.73 Å². The molecule has 1 heterocycles. The van der Waals surface area contributed by atoms with Crippen LogP contribution in [0.15, 0.2) is 30.3 Å². The highest BCUT2D eigenvalue weighted by Crippen LogP contribution is 2.32. The second-order valence-corrected chi connectivity index (χ2v) is 5.35. The van der Waals surface area contributed by atoms with Gasteiger partial charge in [0, 0.05) is 5.92 Å².